The standard InChI is InChI=1S/C14H10N4OS/c1-19-12-7-20-6-10(12)13-16-14-9-4-2-3-5-11(9)15-8-18(14)17-13/h2-8H,1H3. The molecule has 3 heterocycles. The molecule has 0 aliphatic heterocycles. The fourth-order valence-corrected chi connectivity index (χ4v) is 2.97. The lowest BCUT2D eigenvalue weighted by atomic mass is 10.2. The van der Waals surface area contributed by atoms with E-state index in [0.717, 1.165) is 27.9 Å². The summed E-state index contributed by atoms with van der Waals surface area (Å²) in [7, 11) is 1.65. The third-order valence-electron chi connectivity index (χ3n) is 3.17. The molecule has 20 heavy (non-hydrogen) atoms. The zero-order valence-corrected chi connectivity index (χ0v) is 11.5. The van der Waals surface area contributed by atoms with E-state index in [2.05, 4.69) is 15.1 Å². The first-order chi connectivity index (χ1) is 9.86. The molecule has 0 saturated carbocycles. The molecular weight excluding hydrogens is 272 g/mol. The van der Waals surface area contributed by atoms with Crippen LogP contribution in [-0.4, -0.2) is 26.7 Å². The van der Waals surface area contributed by atoms with Gasteiger partial charge in [0, 0.05) is 16.1 Å². The van der Waals surface area contributed by atoms with Crippen LogP contribution in [0.1, 0.15) is 0 Å². The van der Waals surface area contributed by atoms with Crippen LogP contribution in [0, 0.1) is 0 Å². The van der Waals surface area contributed by atoms with Crippen molar-refractivity contribution in [1.29, 1.82) is 0 Å². The smallest absolute Gasteiger partial charge is 0.186 e. The van der Waals surface area contributed by atoms with Gasteiger partial charge >= 0.3 is 0 Å². The number of benzene rings is 1. The van der Waals surface area contributed by atoms with Crippen molar-refractivity contribution in [1.82, 2.24) is 19.6 Å². The van der Waals surface area contributed by atoms with Crippen LogP contribution in [0.5, 0.6) is 5.75 Å². The van der Waals surface area contributed by atoms with E-state index in [4.69, 9.17) is 4.74 Å². The molecule has 0 atom stereocenters. The summed E-state index contributed by atoms with van der Waals surface area (Å²) in [5.74, 6) is 1.45. The van der Waals surface area contributed by atoms with Gasteiger partial charge in [-0.05, 0) is 12.1 Å². The molecule has 3 aromatic heterocycles. The number of aromatic nitrogens is 4. The number of hydrogen-bond acceptors (Lipinski definition) is 5. The Hall–Kier alpha value is -2.47. The van der Waals surface area contributed by atoms with E-state index in [-0.39, 0.29) is 0 Å². The Morgan fingerprint density at radius 1 is 1.20 bits per heavy atom. The van der Waals surface area contributed by atoms with E-state index < -0.39 is 0 Å². The fourth-order valence-electron chi connectivity index (χ4n) is 2.20. The number of rotatable bonds is 2. The second-order valence-electron chi connectivity index (χ2n) is 4.32. The molecule has 0 unspecified atom stereocenters. The third-order valence-corrected chi connectivity index (χ3v) is 3.89. The second kappa shape index (κ2) is 4.28. The first-order valence-corrected chi connectivity index (χ1v) is 7.02. The largest absolute Gasteiger partial charge is 0.495 e. The summed E-state index contributed by atoms with van der Waals surface area (Å²) >= 11 is 1.57. The second-order valence-corrected chi connectivity index (χ2v) is 5.06. The monoisotopic (exact) mass is 282 g/mol. The van der Waals surface area contributed by atoms with E-state index in [1.54, 1.807) is 29.3 Å². The lowest BCUT2D eigenvalue weighted by molar-refractivity contribution is 0.418. The number of ether oxygens (including phenoxy) is 1. The predicted octanol–water partition coefficient (Wildman–Crippen LogP) is 3.01. The average Bonchev–Trinajstić information content (AvgIpc) is 3.12. The van der Waals surface area contributed by atoms with Crippen molar-refractivity contribution < 1.29 is 4.74 Å². The molecule has 0 saturated heterocycles. The van der Waals surface area contributed by atoms with Crippen LogP contribution in [0.4, 0.5) is 0 Å². The SMILES string of the molecule is COc1cscc1-c1nc2c3ccccc3ncn2n1. The van der Waals surface area contributed by atoms with Gasteiger partial charge in [0.2, 0.25) is 0 Å². The summed E-state index contributed by atoms with van der Waals surface area (Å²) in [5.41, 5.74) is 2.63. The van der Waals surface area contributed by atoms with Gasteiger partial charge in [-0.2, -0.15) is 0 Å². The van der Waals surface area contributed by atoms with Crippen LogP contribution in [0.15, 0.2) is 41.4 Å². The van der Waals surface area contributed by atoms with Gasteiger partial charge in [-0.15, -0.1) is 16.4 Å². The minimum absolute atomic E-state index is 0.654. The average molecular weight is 282 g/mol. The molecule has 0 fully saturated rings. The van der Waals surface area contributed by atoms with Crippen molar-refractivity contribution in [3.05, 3.63) is 41.4 Å². The van der Waals surface area contributed by atoms with Gasteiger partial charge in [0.1, 0.15) is 12.1 Å². The molecule has 0 bridgehead atoms. The van der Waals surface area contributed by atoms with Crippen molar-refractivity contribution in [2.24, 2.45) is 0 Å². The van der Waals surface area contributed by atoms with Gasteiger partial charge in [-0.25, -0.2) is 14.5 Å². The zero-order chi connectivity index (χ0) is 13.5. The van der Waals surface area contributed by atoms with Crippen LogP contribution in [0.3, 0.4) is 0 Å². The lowest BCUT2D eigenvalue weighted by Crippen LogP contribution is -1.90. The lowest BCUT2D eigenvalue weighted by Gasteiger charge is -1.96. The molecule has 0 spiro atoms. The number of hydrogen-bond donors (Lipinski definition) is 0. The molecular formula is C14H10N4OS. The number of para-hydroxylation sites is 1. The molecule has 0 aliphatic carbocycles. The first kappa shape index (κ1) is 11.4. The van der Waals surface area contributed by atoms with E-state index >= 15 is 0 Å². The fraction of sp³-hybridized carbons (Fsp3) is 0.0714. The Morgan fingerprint density at radius 2 is 2.10 bits per heavy atom. The van der Waals surface area contributed by atoms with E-state index in [1.165, 1.54) is 0 Å². The molecule has 1 aromatic carbocycles. The topological polar surface area (TPSA) is 52.3 Å². The number of thiophene rings is 1. The van der Waals surface area contributed by atoms with Gasteiger partial charge < -0.3 is 4.74 Å². The minimum Gasteiger partial charge on any atom is -0.495 e. The highest BCUT2D eigenvalue weighted by Gasteiger charge is 2.14. The van der Waals surface area contributed by atoms with Crippen molar-refractivity contribution in [3.63, 3.8) is 0 Å². The van der Waals surface area contributed by atoms with Crippen LogP contribution in [-0.2, 0) is 0 Å². The summed E-state index contributed by atoms with van der Waals surface area (Å²) in [5, 5.41) is 9.40. The number of nitrogens with zero attached hydrogens (tertiary/aromatic N) is 4. The highest BCUT2D eigenvalue weighted by molar-refractivity contribution is 7.08. The summed E-state index contributed by atoms with van der Waals surface area (Å²) in [4.78, 5) is 9.01. The summed E-state index contributed by atoms with van der Waals surface area (Å²) < 4.78 is 7.03. The van der Waals surface area contributed by atoms with Crippen LogP contribution in [0.25, 0.3) is 27.9 Å². The van der Waals surface area contributed by atoms with Crippen LogP contribution in [0.2, 0.25) is 0 Å². The highest BCUT2D eigenvalue weighted by atomic mass is 32.1. The molecule has 0 amide bonds. The van der Waals surface area contributed by atoms with Gasteiger partial charge in [-0.1, -0.05) is 12.1 Å². The van der Waals surface area contributed by atoms with Crippen molar-refractivity contribution in [2.75, 3.05) is 7.11 Å². The highest BCUT2D eigenvalue weighted by Crippen LogP contribution is 2.32. The molecule has 98 valence electrons. The van der Waals surface area contributed by atoms with Crippen molar-refractivity contribution in [2.45, 2.75) is 0 Å². The summed E-state index contributed by atoms with van der Waals surface area (Å²) in [6, 6.07) is 7.91. The molecule has 4 rings (SSSR count). The maximum atomic E-state index is 5.33. The molecule has 5 nitrogen and oxygen atoms in total. The van der Waals surface area contributed by atoms with Crippen molar-refractivity contribution in [3.8, 4) is 17.1 Å². The molecule has 0 aliphatic rings. The van der Waals surface area contributed by atoms with E-state index in [0.29, 0.717) is 5.82 Å². The Balaban J connectivity index is 2.01. The van der Waals surface area contributed by atoms with Crippen LogP contribution >= 0.6 is 11.3 Å². The van der Waals surface area contributed by atoms with Crippen molar-refractivity contribution >= 4 is 27.9 Å². The molecule has 6 heteroatoms. The molecule has 0 N–H and O–H groups in total. The third kappa shape index (κ3) is 1.58. The van der Waals surface area contributed by atoms with Gasteiger partial charge in [0.05, 0.1) is 18.2 Å². The summed E-state index contributed by atoms with van der Waals surface area (Å²) in [6.07, 6.45) is 1.69. The van der Waals surface area contributed by atoms with Gasteiger partial charge in [0.15, 0.2) is 11.5 Å². The number of methoxy groups -OCH3 is 1. The quantitative estimate of drug-likeness (QED) is 0.567. The Bertz CT molecular complexity index is 912. The summed E-state index contributed by atoms with van der Waals surface area (Å²) in [6.45, 7) is 0. The maximum Gasteiger partial charge on any atom is 0.186 e. The molecule has 0 radical (unpaired) electrons. The molecule has 4 aromatic rings. The number of fused-ring (bicyclic) bond motifs is 3. The van der Waals surface area contributed by atoms with Crippen LogP contribution < -0.4 is 4.74 Å². The zero-order valence-electron chi connectivity index (χ0n) is 10.6. The van der Waals surface area contributed by atoms with Gasteiger partial charge in [-0.3, -0.25) is 0 Å². The maximum absolute atomic E-state index is 5.33. The van der Waals surface area contributed by atoms with E-state index in [9.17, 15) is 0 Å². The Morgan fingerprint density at radius 3 is 3.00 bits per heavy atom. The van der Waals surface area contributed by atoms with E-state index in [1.807, 2.05) is 35.0 Å². The minimum atomic E-state index is 0.654. The Labute approximate surface area is 118 Å². The predicted molar refractivity (Wildman–Crippen MR) is 78.2 cm³/mol. The first-order valence-electron chi connectivity index (χ1n) is 6.07. The normalized spacial score (nSPS) is 11.2. The Kier molecular flexibility index (Phi) is 2.43. The van der Waals surface area contributed by atoms with Gasteiger partial charge in [0.25, 0.3) is 0 Å².